The van der Waals surface area contributed by atoms with Crippen LogP contribution in [0.15, 0.2) is 50.6 Å². The molecule has 0 fully saturated rings. The average Bonchev–Trinajstić information content (AvgIpc) is 2.82. The van der Waals surface area contributed by atoms with Gasteiger partial charge in [-0.25, -0.2) is 23.5 Å². The lowest BCUT2D eigenvalue weighted by molar-refractivity contribution is -0.170. The van der Waals surface area contributed by atoms with E-state index in [2.05, 4.69) is 25.7 Å². The van der Waals surface area contributed by atoms with Crippen LogP contribution in [0.5, 0.6) is 17.4 Å². The molecule has 3 rings (SSSR count). The number of carbonyl (C=O) groups excluding carboxylic acids is 1. The highest BCUT2D eigenvalue weighted by atomic mass is 79.9. The molecule has 0 amide bonds. The topological polar surface area (TPSA) is 111 Å². The number of benzene rings is 1. The molecular formula is C21H16BrF4N3O7. The van der Waals surface area contributed by atoms with Gasteiger partial charge in [0.05, 0.1) is 17.3 Å². The van der Waals surface area contributed by atoms with Crippen molar-refractivity contribution in [2.45, 2.75) is 12.5 Å². The Labute approximate surface area is 207 Å². The van der Waals surface area contributed by atoms with Gasteiger partial charge in [0.25, 0.3) is 11.4 Å². The number of rotatable bonds is 7. The molecule has 0 spiro atoms. The maximum absolute atomic E-state index is 14.8. The first-order valence-electron chi connectivity index (χ1n) is 9.68. The van der Waals surface area contributed by atoms with Gasteiger partial charge in [0, 0.05) is 32.5 Å². The third-order valence-corrected chi connectivity index (χ3v) is 5.26. The van der Waals surface area contributed by atoms with Crippen molar-refractivity contribution in [1.82, 2.24) is 14.1 Å². The first-order valence-corrected chi connectivity index (χ1v) is 10.5. The van der Waals surface area contributed by atoms with E-state index in [1.165, 1.54) is 25.4 Å². The van der Waals surface area contributed by atoms with Crippen LogP contribution in [0.25, 0.3) is 5.69 Å². The minimum absolute atomic E-state index is 0.00611. The van der Waals surface area contributed by atoms with Gasteiger partial charge in [-0.2, -0.15) is 13.2 Å². The smallest absolute Gasteiger partial charge is 0.431 e. The third-order valence-electron chi connectivity index (χ3n) is 4.64. The molecule has 0 aliphatic heterocycles. The number of aromatic nitrogens is 3. The van der Waals surface area contributed by atoms with Gasteiger partial charge < -0.3 is 18.9 Å². The monoisotopic (exact) mass is 577 g/mol. The van der Waals surface area contributed by atoms with Gasteiger partial charge in [-0.05, 0) is 34.1 Å². The van der Waals surface area contributed by atoms with Crippen LogP contribution in [0.1, 0.15) is 5.69 Å². The summed E-state index contributed by atoms with van der Waals surface area (Å²) < 4.78 is 75.1. The largest absolute Gasteiger partial charge is 0.464 e. The fraction of sp³-hybridized carbons (Fsp3) is 0.238. The summed E-state index contributed by atoms with van der Waals surface area (Å²) in [6.07, 6.45) is -5.18. The number of esters is 1. The average molecular weight is 578 g/mol. The Morgan fingerprint density at radius 1 is 1.14 bits per heavy atom. The lowest BCUT2D eigenvalue weighted by Crippen LogP contribution is -2.41. The van der Waals surface area contributed by atoms with Gasteiger partial charge in [0.2, 0.25) is 0 Å². The van der Waals surface area contributed by atoms with Gasteiger partial charge in [0.1, 0.15) is 17.3 Å². The predicted octanol–water partition coefficient (Wildman–Crippen LogP) is 3.17. The standard InChI is InChI=1S/C21H16BrF4N3O7/c1-28-15(21(24,25)26)9-16(30)29(20(28)32)12-8-14(10(22)7-11(12)23)35-13-5-4-6-27-17(13)36-19(34-3)18(31)33-2/h4-9,19H,1-3H3. The summed E-state index contributed by atoms with van der Waals surface area (Å²) in [7, 11) is 3.08. The highest BCUT2D eigenvalue weighted by molar-refractivity contribution is 9.10. The van der Waals surface area contributed by atoms with Crippen LogP contribution in [-0.4, -0.2) is 40.6 Å². The Kier molecular flexibility index (Phi) is 7.83. The van der Waals surface area contributed by atoms with E-state index in [0.717, 1.165) is 26.3 Å². The molecule has 1 unspecified atom stereocenters. The Morgan fingerprint density at radius 3 is 2.44 bits per heavy atom. The SMILES string of the molecule is COC(=O)C(OC)Oc1ncccc1Oc1cc(-n2c(=O)cc(C(F)(F)F)n(C)c2=O)c(F)cc1Br. The van der Waals surface area contributed by atoms with E-state index < -0.39 is 46.9 Å². The number of ether oxygens (including phenoxy) is 4. The van der Waals surface area contributed by atoms with Crippen molar-refractivity contribution in [2.75, 3.05) is 14.2 Å². The number of hydrogen-bond acceptors (Lipinski definition) is 8. The molecule has 0 aliphatic rings. The number of methoxy groups -OCH3 is 2. The summed E-state index contributed by atoms with van der Waals surface area (Å²) in [6.45, 7) is 0. The van der Waals surface area contributed by atoms with E-state index in [9.17, 15) is 31.9 Å². The molecule has 0 N–H and O–H groups in total. The van der Waals surface area contributed by atoms with Crippen LogP contribution in [0.4, 0.5) is 17.6 Å². The molecule has 0 saturated carbocycles. The highest BCUT2D eigenvalue weighted by Crippen LogP contribution is 2.36. The van der Waals surface area contributed by atoms with Crippen molar-refractivity contribution in [2.24, 2.45) is 7.05 Å². The maximum atomic E-state index is 14.8. The molecule has 2 aromatic heterocycles. The molecule has 36 heavy (non-hydrogen) atoms. The Balaban J connectivity index is 2.09. The quantitative estimate of drug-likeness (QED) is 0.239. The fourth-order valence-corrected chi connectivity index (χ4v) is 3.33. The van der Waals surface area contributed by atoms with Crippen molar-refractivity contribution in [3.63, 3.8) is 0 Å². The van der Waals surface area contributed by atoms with Gasteiger partial charge in [-0.1, -0.05) is 0 Å². The molecule has 192 valence electrons. The number of pyridine rings is 1. The van der Waals surface area contributed by atoms with Gasteiger partial charge >= 0.3 is 24.1 Å². The van der Waals surface area contributed by atoms with Crippen molar-refractivity contribution >= 4 is 21.9 Å². The fourth-order valence-electron chi connectivity index (χ4n) is 2.94. The van der Waals surface area contributed by atoms with E-state index in [1.54, 1.807) is 0 Å². The van der Waals surface area contributed by atoms with Crippen molar-refractivity contribution in [3.8, 4) is 23.1 Å². The molecule has 2 heterocycles. The molecule has 3 aromatic rings. The first kappa shape index (κ1) is 26.9. The van der Waals surface area contributed by atoms with E-state index in [0.29, 0.717) is 0 Å². The van der Waals surface area contributed by atoms with Gasteiger partial charge in [0.15, 0.2) is 5.75 Å². The molecule has 10 nitrogen and oxygen atoms in total. The number of nitrogens with zero attached hydrogens (tertiary/aromatic N) is 3. The molecule has 1 aromatic carbocycles. The zero-order valence-corrected chi connectivity index (χ0v) is 20.2. The van der Waals surface area contributed by atoms with Gasteiger partial charge in [-0.15, -0.1) is 0 Å². The van der Waals surface area contributed by atoms with E-state index in [4.69, 9.17) is 14.2 Å². The van der Waals surface area contributed by atoms with E-state index in [1.807, 2.05) is 0 Å². The molecule has 0 bridgehead atoms. The zero-order valence-electron chi connectivity index (χ0n) is 18.6. The number of alkyl halides is 3. The normalized spacial score (nSPS) is 12.2. The van der Waals surface area contributed by atoms with Crippen LogP contribution in [-0.2, 0) is 27.5 Å². The maximum Gasteiger partial charge on any atom is 0.431 e. The lowest BCUT2D eigenvalue weighted by Gasteiger charge is -2.18. The van der Waals surface area contributed by atoms with Crippen LogP contribution in [0.3, 0.4) is 0 Å². The predicted molar refractivity (Wildman–Crippen MR) is 118 cm³/mol. The van der Waals surface area contributed by atoms with Crippen molar-refractivity contribution in [3.05, 3.63) is 73.4 Å². The van der Waals surface area contributed by atoms with E-state index in [-0.39, 0.29) is 37.1 Å². The summed E-state index contributed by atoms with van der Waals surface area (Å²) in [4.78, 5) is 40.7. The molecule has 0 radical (unpaired) electrons. The van der Waals surface area contributed by atoms with Gasteiger partial charge in [-0.3, -0.25) is 9.36 Å². The minimum Gasteiger partial charge on any atom is -0.464 e. The molecule has 0 saturated heterocycles. The molecule has 1 atom stereocenters. The Hall–Kier alpha value is -3.72. The van der Waals surface area contributed by atoms with Crippen molar-refractivity contribution in [1.29, 1.82) is 0 Å². The lowest BCUT2D eigenvalue weighted by atomic mass is 10.2. The second-order valence-electron chi connectivity index (χ2n) is 6.89. The van der Waals surface area contributed by atoms with E-state index >= 15 is 0 Å². The minimum atomic E-state index is -4.99. The van der Waals surface area contributed by atoms with Crippen LogP contribution in [0, 0.1) is 5.82 Å². The first-order chi connectivity index (χ1) is 16.9. The summed E-state index contributed by atoms with van der Waals surface area (Å²) in [6, 6.07) is 4.74. The Morgan fingerprint density at radius 2 is 1.83 bits per heavy atom. The van der Waals surface area contributed by atoms with Crippen LogP contribution < -0.4 is 20.7 Å². The summed E-state index contributed by atoms with van der Waals surface area (Å²) in [5.74, 6) is -2.51. The highest BCUT2D eigenvalue weighted by Gasteiger charge is 2.35. The third kappa shape index (κ3) is 5.41. The molecule has 15 heteroatoms. The van der Waals surface area contributed by atoms with Crippen molar-refractivity contribution < 1.29 is 41.3 Å². The number of carbonyl (C=O) groups is 1. The molecular weight excluding hydrogens is 562 g/mol. The van der Waals surface area contributed by atoms with Crippen LogP contribution in [0.2, 0.25) is 0 Å². The second kappa shape index (κ2) is 10.5. The summed E-state index contributed by atoms with van der Waals surface area (Å²) in [5.41, 5.74) is -5.03. The molecule has 0 aliphatic carbocycles. The van der Waals surface area contributed by atoms with Crippen LogP contribution >= 0.6 is 15.9 Å². The second-order valence-corrected chi connectivity index (χ2v) is 7.75. The number of hydrogen-bond donors (Lipinski definition) is 0. The Bertz CT molecular complexity index is 1420. The zero-order chi connectivity index (χ0) is 26.8. The number of halogens is 5. The summed E-state index contributed by atoms with van der Waals surface area (Å²) >= 11 is 3.08. The summed E-state index contributed by atoms with van der Waals surface area (Å²) in [5, 5.41) is 0.